The largest absolute Gasteiger partial charge is 0.364 e. The fraction of sp³-hybridized carbons (Fsp3) is 0.625. The van der Waals surface area contributed by atoms with E-state index in [1.54, 1.807) is 13.0 Å². The van der Waals surface area contributed by atoms with Crippen LogP contribution in [0.4, 0.5) is 0 Å². The Hall–Kier alpha value is -2.22. The Morgan fingerprint density at radius 2 is 2.25 bits per heavy atom. The summed E-state index contributed by atoms with van der Waals surface area (Å²) in [6.45, 7) is 6.99. The molecule has 0 bridgehead atoms. The molecule has 2 aromatic heterocycles. The molecule has 1 atom stereocenters. The van der Waals surface area contributed by atoms with E-state index in [0.29, 0.717) is 30.0 Å². The summed E-state index contributed by atoms with van der Waals surface area (Å²) in [5, 5.41) is 7.73. The van der Waals surface area contributed by atoms with Gasteiger partial charge in [-0.15, -0.1) is 0 Å². The summed E-state index contributed by atoms with van der Waals surface area (Å²) in [7, 11) is 0. The number of hydrogen-bond donors (Lipinski definition) is 0. The molecule has 0 saturated carbocycles. The van der Waals surface area contributed by atoms with Crippen molar-refractivity contribution in [1.82, 2.24) is 25.1 Å². The molecule has 1 aliphatic rings. The van der Waals surface area contributed by atoms with E-state index < -0.39 is 0 Å². The van der Waals surface area contributed by atoms with Crippen LogP contribution in [0.15, 0.2) is 21.4 Å². The van der Waals surface area contributed by atoms with E-state index in [0.717, 1.165) is 38.9 Å². The van der Waals surface area contributed by atoms with Crippen LogP contribution in [0.1, 0.15) is 48.4 Å². The Labute approximate surface area is 140 Å². The minimum absolute atomic E-state index is 0.0544. The maximum atomic E-state index is 12.4. The highest BCUT2D eigenvalue weighted by Gasteiger charge is 2.26. The lowest BCUT2D eigenvalue weighted by Crippen LogP contribution is -2.37. The van der Waals surface area contributed by atoms with Gasteiger partial charge in [-0.25, -0.2) is 0 Å². The number of carbonyl (C=O) groups is 1. The van der Waals surface area contributed by atoms with Crippen molar-refractivity contribution in [3.8, 4) is 0 Å². The Morgan fingerprint density at radius 3 is 2.92 bits per heavy atom. The van der Waals surface area contributed by atoms with E-state index in [1.807, 2.05) is 4.90 Å². The van der Waals surface area contributed by atoms with Crippen LogP contribution in [0.25, 0.3) is 0 Å². The first-order valence-electron chi connectivity index (χ1n) is 8.40. The van der Waals surface area contributed by atoms with Gasteiger partial charge in [0.1, 0.15) is 6.26 Å². The second-order valence-electron chi connectivity index (χ2n) is 6.05. The highest BCUT2D eigenvalue weighted by Crippen LogP contribution is 2.19. The normalized spacial score (nSPS) is 18.8. The van der Waals surface area contributed by atoms with Crippen molar-refractivity contribution in [2.75, 3.05) is 19.6 Å². The topological polar surface area (TPSA) is 88.5 Å². The lowest BCUT2D eigenvalue weighted by atomic mass is 10.1. The molecule has 1 fully saturated rings. The van der Waals surface area contributed by atoms with Crippen LogP contribution in [0.2, 0.25) is 0 Å². The van der Waals surface area contributed by atoms with Gasteiger partial charge >= 0.3 is 0 Å². The standard InChI is InChI=1S/C16H23N5O3/c1-3-20(11-15-17-12(2)24-19-15)13-5-4-8-21(9-6-13)16(22)14-7-10-23-18-14/h7,10,13H,3-6,8-9,11H2,1-2H3. The summed E-state index contributed by atoms with van der Waals surface area (Å²) in [5.41, 5.74) is 0.378. The van der Waals surface area contributed by atoms with Gasteiger partial charge in [-0.1, -0.05) is 17.2 Å². The zero-order chi connectivity index (χ0) is 16.9. The van der Waals surface area contributed by atoms with E-state index in [9.17, 15) is 4.79 Å². The summed E-state index contributed by atoms with van der Waals surface area (Å²) in [5.74, 6) is 1.25. The van der Waals surface area contributed by atoms with Crippen LogP contribution in [-0.4, -0.2) is 56.7 Å². The number of nitrogens with zero attached hydrogens (tertiary/aromatic N) is 5. The van der Waals surface area contributed by atoms with Gasteiger partial charge in [0.25, 0.3) is 5.91 Å². The molecule has 130 valence electrons. The van der Waals surface area contributed by atoms with Crippen molar-refractivity contribution >= 4 is 5.91 Å². The molecule has 0 aliphatic carbocycles. The number of likely N-dealkylation sites (tertiary alicyclic amines) is 1. The molecule has 0 N–H and O–H groups in total. The highest BCUT2D eigenvalue weighted by atomic mass is 16.5. The summed E-state index contributed by atoms with van der Waals surface area (Å²) in [6, 6.07) is 2.02. The minimum atomic E-state index is -0.0544. The Balaban J connectivity index is 1.60. The van der Waals surface area contributed by atoms with Gasteiger partial charge in [0.05, 0.1) is 6.54 Å². The van der Waals surface area contributed by atoms with Crippen LogP contribution in [-0.2, 0) is 6.54 Å². The third kappa shape index (κ3) is 3.81. The van der Waals surface area contributed by atoms with Crippen LogP contribution < -0.4 is 0 Å². The second kappa shape index (κ2) is 7.57. The maximum absolute atomic E-state index is 12.4. The first kappa shape index (κ1) is 16.6. The summed E-state index contributed by atoms with van der Waals surface area (Å²) in [6.07, 6.45) is 4.37. The Kier molecular flexibility index (Phi) is 5.24. The molecule has 1 amide bonds. The van der Waals surface area contributed by atoms with Crippen molar-refractivity contribution in [3.63, 3.8) is 0 Å². The number of carbonyl (C=O) groups excluding carboxylic acids is 1. The number of rotatable bonds is 5. The van der Waals surface area contributed by atoms with E-state index >= 15 is 0 Å². The van der Waals surface area contributed by atoms with E-state index in [4.69, 9.17) is 9.05 Å². The van der Waals surface area contributed by atoms with Gasteiger partial charge in [0, 0.05) is 32.1 Å². The van der Waals surface area contributed by atoms with Crippen LogP contribution in [0.5, 0.6) is 0 Å². The molecule has 8 heteroatoms. The number of amides is 1. The van der Waals surface area contributed by atoms with E-state index in [1.165, 1.54) is 6.26 Å². The minimum Gasteiger partial charge on any atom is -0.364 e. The maximum Gasteiger partial charge on any atom is 0.276 e. The molecule has 24 heavy (non-hydrogen) atoms. The molecule has 0 radical (unpaired) electrons. The molecule has 8 nitrogen and oxygen atoms in total. The molecule has 1 saturated heterocycles. The smallest absolute Gasteiger partial charge is 0.276 e. The lowest BCUT2D eigenvalue weighted by Gasteiger charge is -2.28. The van der Waals surface area contributed by atoms with Crippen molar-refractivity contribution in [3.05, 3.63) is 29.7 Å². The average Bonchev–Trinajstić information content (AvgIpc) is 3.19. The van der Waals surface area contributed by atoms with Gasteiger partial charge in [-0.2, -0.15) is 4.98 Å². The third-order valence-corrected chi connectivity index (χ3v) is 4.48. The predicted octanol–water partition coefficient (Wildman–Crippen LogP) is 1.88. The van der Waals surface area contributed by atoms with Crippen molar-refractivity contribution in [2.45, 2.75) is 45.7 Å². The Bertz CT molecular complexity index is 654. The molecule has 2 aromatic rings. The molecule has 1 unspecified atom stereocenters. The van der Waals surface area contributed by atoms with Crippen LogP contribution in [0.3, 0.4) is 0 Å². The molecule has 1 aliphatic heterocycles. The van der Waals surface area contributed by atoms with Crippen LogP contribution in [0, 0.1) is 6.92 Å². The van der Waals surface area contributed by atoms with Gasteiger partial charge in [-0.3, -0.25) is 9.69 Å². The van der Waals surface area contributed by atoms with Gasteiger partial charge < -0.3 is 13.9 Å². The lowest BCUT2D eigenvalue weighted by molar-refractivity contribution is 0.0745. The van der Waals surface area contributed by atoms with Crippen molar-refractivity contribution in [1.29, 1.82) is 0 Å². The summed E-state index contributed by atoms with van der Waals surface area (Å²) >= 11 is 0. The molecule has 0 aromatic carbocycles. The molecular formula is C16H23N5O3. The summed E-state index contributed by atoms with van der Waals surface area (Å²) in [4.78, 5) is 20.9. The first-order chi connectivity index (χ1) is 11.7. The zero-order valence-corrected chi connectivity index (χ0v) is 14.1. The Morgan fingerprint density at radius 1 is 1.38 bits per heavy atom. The molecule has 3 rings (SSSR count). The molecule has 3 heterocycles. The third-order valence-electron chi connectivity index (χ3n) is 4.48. The zero-order valence-electron chi connectivity index (χ0n) is 14.1. The average molecular weight is 333 g/mol. The van der Waals surface area contributed by atoms with Gasteiger partial charge in [0.2, 0.25) is 5.89 Å². The van der Waals surface area contributed by atoms with Crippen molar-refractivity contribution < 1.29 is 13.8 Å². The number of aryl methyl sites for hydroxylation is 1. The second-order valence-corrected chi connectivity index (χ2v) is 6.05. The quantitative estimate of drug-likeness (QED) is 0.825. The fourth-order valence-electron chi connectivity index (χ4n) is 3.22. The molecular weight excluding hydrogens is 310 g/mol. The molecule has 0 spiro atoms. The monoisotopic (exact) mass is 333 g/mol. The SMILES string of the molecule is CCN(Cc1noc(C)n1)C1CCCN(C(=O)c2ccon2)CC1. The number of hydrogen-bond acceptors (Lipinski definition) is 7. The van der Waals surface area contributed by atoms with Crippen LogP contribution >= 0.6 is 0 Å². The van der Waals surface area contributed by atoms with E-state index in [2.05, 4.69) is 27.1 Å². The number of aromatic nitrogens is 3. The highest BCUT2D eigenvalue weighted by molar-refractivity contribution is 5.92. The fourth-order valence-corrected chi connectivity index (χ4v) is 3.22. The summed E-state index contributed by atoms with van der Waals surface area (Å²) < 4.78 is 9.83. The van der Waals surface area contributed by atoms with Crippen molar-refractivity contribution in [2.24, 2.45) is 0 Å². The van der Waals surface area contributed by atoms with E-state index in [-0.39, 0.29) is 5.91 Å². The van der Waals surface area contributed by atoms with Gasteiger partial charge in [0.15, 0.2) is 11.5 Å². The predicted molar refractivity (Wildman–Crippen MR) is 85.2 cm³/mol. The first-order valence-corrected chi connectivity index (χ1v) is 8.40. The van der Waals surface area contributed by atoms with Gasteiger partial charge in [-0.05, 0) is 25.8 Å².